The minimum Gasteiger partial charge on any atom is -0.477 e. The van der Waals surface area contributed by atoms with Crippen LogP contribution in [0.25, 0.3) is 0 Å². The lowest BCUT2D eigenvalue weighted by Crippen LogP contribution is -2.72. The Kier molecular flexibility index (Phi) is 25.3. The predicted octanol–water partition coefficient (Wildman–Crippen LogP) is 9.77. The van der Waals surface area contributed by atoms with Crippen LogP contribution in [0.3, 0.4) is 0 Å². The van der Waals surface area contributed by atoms with Gasteiger partial charge in [-0.15, -0.1) is 0 Å². The summed E-state index contributed by atoms with van der Waals surface area (Å²) in [5.41, 5.74) is 0. The second-order valence-corrected chi connectivity index (χ2v) is 12.6. The minimum atomic E-state index is -1.10. The van der Waals surface area contributed by atoms with Gasteiger partial charge in [-0.3, -0.25) is 4.48 Å². The van der Waals surface area contributed by atoms with Gasteiger partial charge in [0.2, 0.25) is 0 Å². The van der Waals surface area contributed by atoms with Gasteiger partial charge in [-0.05, 0) is 38.5 Å². The van der Waals surface area contributed by atoms with E-state index in [4.69, 9.17) is 0 Å². The SMILES string of the molecule is CCCCCCCCCCCCCCCC/C=C/CCC[N+](C(CCC)C(=O)O)(C(CCC)C(=O)O)C(CCC)C(=O)O. The average Bonchev–Trinajstić information content (AvgIpc) is 2.97. The Labute approximate surface area is 264 Å². The Morgan fingerprint density at radius 2 is 0.767 bits per heavy atom. The fourth-order valence-corrected chi connectivity index (χ4v) is 6.82. The first kappa shape index (κ1) is 41.1. The van der Waals surface area contributed by atoms with E-state index >= 15 is 0 Å². The zero-order valence-electron chi connectivity index (χ0n) is 28.4. The van der Waals surface area contributed by atoms with Crippen molar-refractivity contribution in [2.24, 2.45) is 0 Å². The molecular formula is C36H68NO6+. The molecule has 0 amide bonds. The third-order valence-electron chi connectivity index (χ3n) is 9.09. The Bertz CT molecular complexity index is 692. The van der Waals surface area contributed by atoms with Gasteiger partial charge in [0.25, 0.3) is 0 Å². The van der Waals surface area contributed by atoms with Gasteiger partial charge >= 0.3 is 17.9 Å². The topological polar surface area (TPSA) is 112 Å². The number of hydrogen-bond acceptors (Lipinski definition) is 3. The van der Waals surface area contributed by atoms with Crippen molar-refractivity contribution in [3.63, 3.8) is 0 Å². The number of hydrogen-bond donors (Lipinski definition) is 3. The number of nitrogens with zero attached hydrogens (tertiary/aromatic N) is 1. The van der Waals surface area contributed by atoms with Gasteiger partial charge in [0.1, 0.15) is 0 Å². The number of unbranched alkanes of at least 4 members (excludes halogenated alkanes) is 15. The number of rotatable bonds is 31. The van der Waals surface area contributed by atoms with E-state index < -0.39 is 40.5 Å². The number of quaternary nitrogens is 1. The molecule has 0 spiro atoms. The van der Waals surface area contributed by atoms with E-state index in [1.807, 2.05) is 20.8 Å². The van der Waals surface area contributed by atoms with Crippen LogP contribution in [0.15, 0.2) is 12.2 Å². The summed E-state index contributed by atoms with van der Waals surface area (Å²) in [5, 5.41) is 30.8. The highest BCUT2D eigenvalue weighted by Crippen LogP contribution is 2.34. The lowest BCUT2D eigenvalue weighted by atomic mass is 9.91. The van der Waals surface area contributed by atoms with Crippen LogP contribution in [0.4, 0.5) is 0 Å². The normalized spacial score (nSPS) is 15.3. The summed E-state index contributed by atoms with van der Waals surface area (Å²) in [6, 6.07) is -3.19. The highest BCUT2D eigenvalue weighted by Gasteiger charge is 2.56. The van der Waals surface area contributed by atoms with Crippen molar-refractivity contribution < 1.29 is 34.2 Å². The number of carboxylic acid groups (broad SMARTS) is 3. The molecule has 0 aromatic heterocycles. The van der Waals surface area contributed by atoms with Gasteiger partial charge in [0.05, 0.1) is 6.54 Å². The molecule has 0 saturated heterocycles. The zero-order valence-corrected chi connectivity index (χ0v) is 28.4. The fourth-order valence-electron chi connectivity index (χ4n) is 6.82. The van der Waals surface area contributed by atoms with Crippen LogP contribution in [-0.4, -0.2) is 62.4 Å². The Hall–Kier alpha value is -1.89. The molecule has 0 aliphatic rings. The van der Waals surface area contributed by atoms with E-state index in [-0.39, 0.29) is 25.8 Å². The number of carbonyl (C=O) groups is 3. The third kappa shape index (κ3) is 16.7. The first-order valence-electron chi connectivity index (χ1n) is 17.9. The van der Waals surface area contributed by atoms with Crippen LogP contribution in [0.1, 0.15) is 175 Å². The summed E-state index contributed by atoms with van der Waals surface area (Å²) in [6.07, 6.45) is 27.7. The van der Waals surface area contributed by atoms with Gasteiger partial charge in [-0.1, -0.05) is 123 Å². The van der Waals surface area contributed by atoms with Crippen molar-refractivity contribution >= 4 is 17.9 Å². The second-order valence-electron chi connectivity index (χ2n) is 12.6. The van der Waals surface area contributed by atoms with Gasteiger partial charge in [0, 0.05) is 25.7 Å². The molecule has 0 aromatic rings. The molecule has 0 heterocycles. The summed E-state index contributed by atoms with van der Waals surface area (Å²) < 4.78 is -0.400. The Balaban J connectivity index is 4.89. The van der Waals surface area contributed by atoms with E-state index in [0.29, 0.717) is 32.1 Å². The van der Waals surface area contributed by atoms with Crippen molar-refractivity contribution in [2.45, 2.75) is 193 Å². The lowest BCUT2D eigenvalue weighted by molar-refractivity contribution is -0.973. The molecular weight excluding hydrogens is 542 g/mol. The molecule has 3 unspecified atom stereocenters. The molecule has 252 valence electrons. The van der Waals surface area contributed by atoms with Crippen molar-refractivity contribution in [3.8, 4) is 0 Å². The molecule has 0 bridgehead atoms. The molecule has 0 fully saturated rings. The molecule has 0 saturated carbocycles. The number of carboxylic acids is 3. The van der Waals surface area contributed by atoms with E-state index in [9.17, 15) is 29.7 Å². The van der Waals surface area contributed by atoms with E-state index in [1.54, 1.807) is 0 Å². The van der Waals surface area contributed by atoms with Crippen LogP contribution in [0.5, 0.6) is 0 Å². The standard InChI is InChI=1S/C36H67NO6/c1-5-9-10-11-12-13-14-15-16-17-18-19-20-21-22-23-24-25-26-30-37(31(27-6-2)34(38)39,32(28-7-3)35(40)41)33(29-8-4)36(42)43/h23-24,31-33H,5-22,25-30H2,1-4H3,(H2-,38,39,40,41,42,43)/p+1/b24-23+. The van der Waals surface area contributed by atoms with Gasteiger partial charge in [0.15, 0.2) is 18.1 Å². The molecule has 0 aliphatic carbocycles. The smallest absolute Gasteiger partial charge is 0.362 e. The average molecular weight is 611 g/mol. The number of aliphatic carboxylic acids is 3. The van der Waals surface area contributed by atoms with E-state index in [2.05, 4.69) is 19.1 Å². The summed E-state index contributed by atoms with van der Waals surface area (Å²) in [5.74, 6) is -3.29. The predicted molar refractivity (Wildman–Crippen MR) is 177 cm³/mol. The number of allylic oxidation sites excluding steroid dienone is 2. The highest BCUT2D eigenvalue weighted by atomic mass is 16.4. The molecule has 0 radical (unpaired) electrons. The molecule has 43 heavy (non-hydrogen) atoms. The summed E-state index contributed by atoms with van der Waals surface area (Å²) >= 11 is 0. The summed E-state index contributed by atoms with van der Waals surface area (Å²) in [4.78, 5) is 37.8. The van der Waals surface area contributed by atoms with Gasteiger partial charge < -0.3 is 15.3 Å². The fraction of sp³-hybridized carbons (Fsp3) is 0.861. The molecule has 7 heteroatoms. The Morgan fingerprint density at radius 3 is 1.07 bits per heavy atom. The monoisotopic (exact) mass is 611 g/mol. The van der Waals surface area contributed by atoms with Crippen molar-refractivity contribution in [2.75, 3.05) is 6.54 Å². The third-order valence-corrected chi connectivity index (χ3v) is 9.09. The molecule has 0 rings (SSSR count). The van der Waals surface area contributed by atoms with Crippen LogP contribution in [0.2, 0.25) is 0 Å². The van der Waals surface area contributed by atoms with Crippen molar-refractivity contribution in [1.29, 1.82) is 0 Å². The maximum absolute atomic E-state index is 12.6. The van der Waals surface area contributed by atoms with Crippen molar-refractivity contribution in [1.82, 2.24) is 0 Å². The maximum Gasteiger partial charge on any atom is 0.362 e. The van der Waals surface area contributed by atoms with Crippen LogP contribution >= 0.6 is 0 Å². The minimum absolute atomic E-state index is 0.230. The molecule has 0 aromatic carbocycles. The van der Waals surface area contributed by atoms with Gasteiger partial charge in [-0.2, -0.15) is 0 Å². The van der Waals surface area contributed by atoms with Gasteiger partial charge in [-0.25, -0.2) is 14.4 Å². The zero-order chi connectivity index (χ0) is 32.3. The Morgan fingerprint density at radius 1 is 0.465 bits per heavy atom. The molecule has 0 aliphatic heterocycles. The van der Waals surface area contributed by atoms with E-state index in [0.717, 1.165) is 12.8 Å². The maximum atomic E-state index is 12.6. The van der Waals surface area contributed by atoms with Crippen LogP contribution in [-0.2, 0) is 14.4 Å². The highest BCUT2D eigenvalue weighted by molar-refractivity contribution is 5.78. The summed E-state index contributed by atoms with van der Waals surface area (Å²) in [6.45, 7) is 8.11. The first-order valence-corrected chi connectivity index (χ1v) is 17.9. The quantitative estimate of drug-likeness (QED) is 0.0409. The van der Waals surface area contributed by atoms with Crippen LogP contribution < -0.4 is 0 Å². The van der Waals surface area contributed by atoms with Crippen molar-refractivity contribution in [3.05, 3.63) is 12.2 Å². The summed E-state index contributed by atoms with van der Waals surface area (Å²) in [7, 11) is 0. The largest absolute Gasteiger partial charge is 0.477 e. The molecule has 3 N–H and O–H groups in total. The molecule has 7 nitrogen and oxygen atoms in total. The van der Waals surface area contributed by atoms with E-state index in [1.165, 1.54) is 83.5 Å². The van der Waals surface area contributed by atoms with Crippen LogP contribution in [0, 0.1) is 0 Å². The second kappa shape index (κ2) is 26.5. The lowest BCUT2D eigenvalue weighted by Gasteiger charge is -2.50. The molecule has 3 atom stereocenters. The first-order chi connectivity index (χ1) is 20.7.